The van der Waals surface area contributed by atoms with Crippen molar-refractivity contribution in [3.05, 3.63) is 23.8 Å². The second kappa shape index (κ2) is 4.89. The summed E-state index contributed by atoms with van der Waals surface area (Å²) < 4.78 is 0. The van der Waals surface area contributed by atoms with Gasteiger partial charge in [0.1, 0.15) is 0 Å². The molecule has 0 aliphatic heterocycles. The molecule has 1 rings (SSSR count). The summed E-state index contributed by atoms with van der Waals surface area (Å²) in [6, 6.07) is 5.82. The molecule has 1 aromatic carbocycles. The van der Waals surface area contributed by atoms with Gasteiger partial charge in [-0.3, -0.25) is 0 Å². The first kappa shape index (κ1) is 10.9. The van der Waals surface area contributed by atoms with Crippen LogP contribution in [0.5, 0.6) is 0 Å². The summed E-state index contributed by atoms with van der Waals surface area (Å²) in [5.41, 5.74) is 14.4. The molecule has 0 aromatic heterocycles. The summed E-state index contributed by atoms with van der Waals surface area (Å²) in [4.78, 5) is 0. The summed E-state index contributed by atoms with van der Waals surface area (Å²) in [6.07, 6.45) is 3.69. The van der Waals surface area contributed by atoms with Gasteiger partial charge >= 0.3 is 0 Å². The number of benzene rings is 1. The zero-order valence-corrected chi connectivity index (χ0v) is 9.09. The van der Waals surface area contributed by atoms with E-state index in [1.807, 2.05) is 18.2 Å². The SMILES string of the molecule is CCCCC(C)c1ccc(N)cc1N. The molecule has 1 atom stereocenters. The molecule has 4 N–H and O–H groups in total. The molecule has 1 aromatic rings. The Hall–Kier alpha value is -1.18. The van der Waals surface area contributed by atoms with Gasteiger partial charge in [-0.15, -0.1) is 0 Å². The van der Waals surface area contributed by atoms with Crippen molar-refractivity contribution < 1.29 is 0 Å². The highest BCUT2D eigenvalue weighted by Gasteiger charge is 2.08. The Morgan fingerprint density at radius 1 is 1.29 bits per heavy atom. The van der Waals surface area contributed by atoms with E-state index in [9.17, 15) is 0 Å². The highest BCUT2D eigenvalue weighted by molar-refractivity contribution is 5.57. The molecule has 78 valence electrons. The van der Waals surface area contributed by atoms with Crippen molar-refractivity contribution in [1.82, 2.24) is 0 Å². The van der Waals surface area contributed by atoms with Gasteiger partial charge in [-0.25, -0.2) is 0 Å². The fourth-order valence-electron chi connectivity index (χ4n) is 1.71. The Morgan fingerprint density at radius 3 is 2.57 bits per heavy atom. The zero-order chi connectivity index (χ0) is 10.6. The van der Waals surface area contributed by atoms with E-state index in [1.54, 1.807) is 0 Å². The van der Waals surface area contributed by atoms with Crippen molar-refractivity contribution in [2.24, 2.45) is 0 Å². The van der Waals surface area contributed by atoms with E-state index in [1.165, 1.54) is 24.8 Å². The van der Waals surface area contributed by atoms with Crippen LogP contribution in [-0.2, 0) is 0 Å². The van der Waals surface area contributed by atoms with Gasteiger partial charge in [0.25, 0.3) is 0 Å². The number of anilines is 2. The Morgan fingerprint density at radius 2 is 2.00 bits per heavy atom. The van der Waals surface area contributed by atoms with Crippen molar-refractivity contribution in [2.45, 2.75) is 39.0 Å². The van der Waals surface area contributed by atoms with Gasteiger partial charge in [0.2, 0.25) is 0 Å². The molecule has 2 heteroatoms. The maximum Gasteiger partial charge on any atom is 0.0369 e. The maximum atomic E-state index is 5.91. The first-order valence-electron chi connectivity index (χ1n) is 5.30. The van der Waals surface area contributed by atoms with E-state index in [2.05, 4.69) is 13.8 Å². The summed E-state index contributed by atoms with van der Waals surface area (Å²) in [5.74, 6) is 0.538. The van der Waals surface area contributed by atoms with E-state index >= 15 is 0 Å². The monoisotopic (exact) mass is 192 g/mol. The molecule has 2 nitrogen and oxygen atoms in total. The van der Waals surface area contributed by atoms with Gasteiger partial charge in [-0.2, -0.15) is 0 Å². The number of hydrogen-bond acceptors (Lipinski definition) is 2. The van der Waals surface area contributed by atoms with Crippen LogP contribution < -0.4 is 11.5 Å². The van der Waals surface area contributed by atoms with Crippen molar-refractivity contribution in [3.8, 4) is 0 Å². The molecule has 0 spiro atoms. The minimum absolute atomic E-state index is 0.538. The molecule has 0 heterocycles. The molecule has 0 bridgehead atoms. The van der Waals surface area contributed by atoms with Crippen LogP contribution in [0.4, 0.5) is 11.4 Å². The highest BCUT2D eigenvalue weighted by Crippen LogP contribution is 2.27. The Bertz CT molecular complexity index is 294. The molecule has 0 radical (unpaired) electrons. The predicted molar refractivity (Wildman–Crippen MR) is 63.2 cm³/mol. The number of unbranched alkanes of at least 4 members (excludes halogenated alkanes) is 1. The van der Waals surface area contributed by atoms with Gasteiger partial charge in [0, 0.05) is 11.4 Å². The molecule has 0 amide bonds. The van der Waals surface area contributed by atoms with Gasteiger partial charge < -0.3 is 11.5 Å². The van der Waals surface area contributed by atoms with E-state index in [0.29, 0.717) is 5.92 Å². The first-order chi connectivity index (χ1) is 6.65. The molecular formula is C12H20N2. The second-order valence-corrected chi connectivity index (χ2v) is 3.93. The standard InChI is InChI=1S/C12H20N2/c1-3-4-5-9(2)11-7-6-10(13)8-12(11)14/h6-9H,3-5,13-14H2,1-2H3. The van der Waals surface area contributed by atoms with Gasteiger partial charge in [-0.05, 0) is 30.0 Å². The van der Waals surface area contributed by atoms with E-state index < -0.39 is 0 Å². The van der Waals surface area contributed by atoms with Crippen LogP contribution in [0.15, 0.2) is 18.2 Å². The van der Waals surface area contributed by atoms with Crippen molar-refractivity contribution in [3.63, 3.8) is 0 Å². The number of rotatable bonds is 4. The highest BCUT2D eigenvalue weighted by atomic mass is 14.6. The molecule has 14 heavy (non-hydrogen) atoms. The molecule has 0 aliphatic carbocycles. The number of nitrogen functional groups attached to an aromatic ring is 2. The van der Waals surface area contributed by atoms with Crippen molar-refractivity contribution >= 4 is 11.4 Å². The molecule has 0 aliphatic rings. The Labute approximate surface area is 86.3 Å². The molecule has 0 saturated heterocycles. The van der Waals surface area contributed by atoms with Crippen LogP contribution in [0.2, 0.25) is 0 Å². The molecule has 1 unspecified atom stereocenters. The van der Waals surface area contributed by atoms with Crippen LogP contribution in [-0.4, -0.2) is 0 Å². The average molecular weight is 192 g/mol. The minimum Gasteiger partial charge on any atom is -0.399 e. The van der Waals surface area contributed by atoms with Crippen LogP contribution in [0.25, 0.3) is 0 Å². The fraction of sp³-hybridized carbons (Fsp3) is 0.500. The number of hydrogen-bond donors (Lipinski definition) is 2. The summed E-state index contributed by atoms with van der Waals surface area (Å²) >= 11 is 0. The molecular weight excluding hydrogens is 172 g/mol. The summed E-state index contributed by atoms with van der Waals surface area (Å²) in [5, 5.41) is 0. The Balaban J connectivity index is 2.74. The smallest absolute Gasteiger partial charge is 0.0369 e. The maximum absolute atomic E-state index is 5.91. The summed E-state index contributed by atoms with van der Waals surface area (Å²) in [6.45, 7) is 4.43. The van der Waals surface area contributed by atoms with Crippen LogP contribution in [0.3, 0.4) is 0 Å². The van der Waals surface area contributed by atoms with E-state index in [-0.39, 0.29) is 0 Å². The quantitative estimate of drug-likeness (QED) is 0.720. The largest absolute Gasteiger partial charge is 0.399 e. The van der Waals surface area contributed by atoms with Gasteiger partial charge in [0.15, 0.2) is 0 Å². The van der Waals surface area contributed by atoms with Crippen LogP contribution in [0, 0.1) is 0 Å². The predicted octanol–water partition coefficient (Wildman–Crippen LogP) is 3.14. The summed E-state index contributed by atoms with van der Waals surface area (Å²) in [7, 11) is 0. The number of nitrogens with two attached hydrogens (primary N) is 2. The van der Waals surface area contributed by atoms with Crippen LogP contribution in [0.1, 0.15) is 44.6 Å². The third kappa shape index (κ3) is 2.66. The second-order valence-electron chi connectivity index (χ2n) is 3.93. The van der Waals surface area contributed by atoms with Gasteiger partial charge in [-0.1, -0.05) is 32.8 Å². The lowest BCUT2D eigenvalue weighted by molar-refractivity contribution is 0.625. The first-order valence-corrected chi connectivity index (χ1v) is 5.30. The van der Waals surface area contributed by atoms with Crippen molar-refractivity contribution in [2.75, 3.05) is 11.5 Å². The zero-order valence-electron chi connectivity index (χ0n) is 9.09. The lowest BCUT2D eigenvalue weighted by Crippen LogP contribution is -2.00. The lowest BCUT2D eigenvalue weighted by atomic mass is 9.94. The fourth-order valence-corrected chi connectivity index (χ4v) is 1.71. The topological polar surface area (TPSA) is 52.0 Å². The van der Waals surface area contributed by atoms with E-state index in [4.69, 9.17) is 11.5 Å². The Kier molecular flexibility index (Phi) is 3.81. The molecule has 0 fully saturated rings. The van der Waals surface area contributed by atoms with Crippen LogP contribution >= 0.6 is 0 Å². The van der Waals surface area contributed by atoms with Gasteiger partial charge in [0.05, 0.1) is 0 Å². The normalized spacial score (nSPS) is 12.7. The average Bonchev–Trinajstić information content (AvgIpc) is 2.14. The van der Waals surface area contributed by atoms with Crippen molar-refractivity contribution in [1.29, 1.82) is 0 Å². The third-order valence-corrected chi connectivity index (χ3v) is 2.63. The minimum atomic E-state index is 0.538. The third-order valence-electron chi connectivity index (χ3n) is 2.63. The molecule has 0 saturated carbocycles. The van der Waals surface area contributed by atoms with E-state index in [0.717, 1.165) is 11.4 Å². The lowest BCUT2D eigenvalue weighted by Gasteiger charge is -2.14.